The van der Waals surface area contributed by atoms with Gasteiger partial charge in [0, 0.05) is 25.2 Å². The first-order valence-electron chi connectivity index (χ1n) is 6.87. The number of nitrogens with one attached hydrogen (secondary N) is 2. The van der Waals surface area contributed by atoms with Crippen LogP contribution in [0.5, 0.6) is 5.75 Å². The Morgan fingerprint density at radius 2 is 2.10 bits per heavy atom. The van der Waals surface area contributed by atoms with Crippen LogP contribution >= 0.6 is 0 Å². The zero-order valence-corrected chi connectivity index (χ0v) is 12.7. The van der Waals surface area contributed by atoms with Crippen LogP contribution in [0.2, 0.25) is 0 Å². The maximum absolute atomic E-state index is 11.1. The molecule has 1 atom stereocenters. The topological polar surface area (TPSA) is 76.4 Å². The lowest BCUT2D eigenvalue weighted by Crippen LogP contribution is -2.27. The van der Waals surface area contributed by atoms with Crippen LogP contribution in [0.4, 0.5) is 11.4 Å². The molecule has 1 aromatic rings. The molecule has 5 heteroatoms. The molecule has 0 aliphatic heterocycles. The van der Waals surface area contributed by atoms with Crippen molar-refractivity contribution in [3.63, 3.8) is 0 Å². The quantitative estimate of drug-likeness (QED) is 0.716. The number of amides is 1. The molecule has 112 valence electrons. The van der Waals surface area contributed by atoms with Gasteiger partial charge in [-0.1, -0.05) is 13.8 Å². The van der Waals surface area contributed by atoms with E-state index in [0.29, 0.717) is 29.8 Å². The maximum Gasteiger partial charge on any atom is 0.221 e. The molecule has 0 fully saturated rings. The van der Waals surface area contributed by atoms with Crippen molar-refractivity contribution < 1.29 is 9.53 Å². The van der Waals surface area contributed by atoms with E-state index >= 15 is 0 Å². The van der Waals surface area contributed by atoms with E-state index in [-0.39, 0.29) is 5.91 Å². The van der Waals surface area contributed by atoms with Gasteiger partial charge >= 0.3 is 0 Å². The number of hydrogen-bond donors (Lipinski definition) is 3. The zero-order valence-electron chi connectivity index (χ0n) is 12.7. The molecule has 5 nitrogen and oxygen atoms in total. The first kappa shape index (κ1) is 16.3. The summed E-state index contributed by atoms with van der Waals surface area (Å²) in [4.78, 5) is 11.1. The van der Waals surface area contributed by atoms with Gasteiger partial charge in [-0.3, -0.25) is 4.79 Å². The van der Waals surface area contributed by atoms with Crippen LogP contribution in [-0.4, -0.2) is 26.1 Å². The van der Waals surface area contributed by atoms with E-state index in [0.717, 1.165) is 12.2 Å². The molecule has 1 unspecified atom stereocenters. The van der Waals surface area contributed by atoms with Gasteiger partial charge in [0.05, 0.1) is 12.8 Å². The fourth-order valence-corrected chi connectivity index (χ4v) is 1.93. The number of benzene rings is 1. The molecule has 20 heavy (non-hydrogen) atoms. The third-order valence-electron chi connectivity index (χ3n) is 3.33. The average molecular weight is 279 g/mol. The summed E-state index contributed by atoms with van der Waals surface area (Å²) < 4.78 is 5.29. The smallest absolute Gasteiger partial charge is 0.221 e. The van der Waals surface area contributed by atoms with Gasteiger partial charge in [-0.15, -0.1) is 0 Å². The number of nitrogens with two attached hydrogens (primary N) is 1. The van der Waals surface area contributed by atoms with E-state index in [1.807, 2.05) is 18.2 Å². The second kappa shape index (κ2) is 7.75. The van der Waals surface area contributed by atoms with Crippen molar-refractivity contribution in [3.05, 3.63) is 18.2 Å². The van der Waals surface area contributed by atoms with Crippen LogP contribution in [0.1, 0.15) is 20.8 Å². The first-order chi connectivity index (χ1) is 9.47. The van der Waals surface area contributed by atoms with E-state index in [1.165, 1.54) is 6.92 Å². The maximum atomic E-state index is 11.1. The molecule has 4 N–H and O–H groups in total. The third kappa shape index (κ3) is 4.74. The van der Waals surface area contributed by atoms with Gasteiger partial charge in [-0.05, 0) is 30.5 Å². The standard InChI is InChI=1S/C15H25N3O2/c1-10(2)12(8-16)9-17-13-5-6-14(18-11(3)19)15(7-13)20-4/h5-7,10,12,17H,8-9,16H2,1-4H3,(H,18,19). The minimum absolute atomic E-state index is 0.119. The number of carbonyl (C=O) groups is 1. The van der Waals surface area contributed by atoms with Crippen LogP contribution in [0, 0.1) is 11.8 Å². The summed E-state index contributed by atoms with van der Waals surface area (Å²) in [5.74, 6) is 1.48. The number of anilines is 2. The van der Waals surface area contributed by atoms with Gasteiger partial charge in [0.2, 0.25) is 5.91 Å². The SMILES string of the molecule is COc1cc(NCC(CN)C(C)C)ccc1NC(C)=O. The minimum atomic E-state index is -0.119. The fraction of sp³-hybridized carbons (Fsp3) is 0.533. The lowest BCUT2D eigenvalue weighted by atomic mass is 9.96. The molecule has 0 radical (unpaired) electrons. The number of carbonyl (C=O) groups excluding carboxylic acids is 1. The molecule has 0 heterocycles. The van der Waals surface area contributed by atoms with Gasteiger partial charge < -0.3 is 21.1 Å². The highest BCUT2D eigenvalue weighted by Gasteiger charge is 2.12. The molecule has 0 aliphatic carbocycles. The Labute approximate surface area is 120 Å². The van der Waals surface area contributed by atoms with Crippen molar-refractivity contribution in [3.8, 4) is 5.75 Å². The molecular formula is C15H25N3O2. The number of hydrogen-bond acceptors (Lipinski definition) is 4. The van der Waals surface area contributed by atoms with E-state index in [2.05, 4.69) is 24.5 Å². The summed E-state index contributed by atoms with van der Waals surface area (Å²) >= 11 is 0. The van der Waals surface area contributed by atoms with Gasteiger partial charge in [-0.25, -0.2) is 0 Å². The number of ether oxygens (including phenoxy) is 1. The zero-order chi connectivity index (χ0) is 15.1. The molecule has 1 rings (SSSR count). The van der Waals surface area contributed by atoms with Crippen LogP contribution in [0.3, 0.4) is 0 Å². The Hall–Kier alpha value is -1.75. The predicted octanol–water partition coefficient (Wildman–Crippen LogP) is 2.30. The van der Waals surface area contributed by atoms with Crippen molar-refractivity contribution >= 4 is 17.3 Å². The third-order valence-corrected chi connectivity index (χ3v) is 3.33. The summed E-state index contributed by atoms with van der Waals surface area (Å²) in [6.07, 6.45) is 0. The van der Waals surface area contributed by atoms with Crippen molar-refractivity contribution in [1.29, 1.82) is 0 Å². The van der Waals surface area contributed by atoms with E-state index in [9.17, 15) is 4.79 Å². The minimum Gasteiger partial charge on any atom is -0.494 e. The Morgan fingerprint density at radius 1 is 1.40 bits per heavy atom. The summed E-state index contributed by atoms with van der Waals surface area (Å²) in [5.41, 5.74) is 7.39. The fourth-order valence-electron chi connectivity index (χ4n) is 1.93. The van der Waals surface area contributed by atoms with Crippen molar-refractivity contribution in [1.82, 2.24) is 0 Å². The Kier molecular flexibility index (Phi) is 6.31. The molecule has 1 amide bonds. The van der Waals surface area contributed by atoms with Gasteiger partial charge in [0.1, 0.15) is 5.75 Å². The largest absolute Gasteiger partial charge is 0.494 e. The molecule has 0 spiro atoms. The molecule has 1 aromatic carbocycles. The summed E-state index contributed by atoms with van der Waals surface area (Å²) in [6.45, 7) is 7.28. The highest BCUT2D eigenvalue weighted by Crippen LogP contribution is 2.28. The van der Waals surface area contributed by atoms with Crippen LogP contribution in [0.15, 0.2) is 18.2 Å². The predicted molar refractivity (Wildman–Crippen MR) is 83.2 cm³/mol. The Bertz CT molecular complexity index is 447. The van der Waals surface area contributed by atoms with Gasteiger partial charge in [0.25, 0.3) is 0 Å². The highest BCUT2D eigenvalue weighted by molar-refractivity contribution is 5.90. The Morgan fingerprint density at radius 3 is 2.60 bits per heavy atom. The summed E-state index contributed by atoms with van der Waals surface area (Å²) in [6, 6.07) is 5.62. The molecule has 0 aliphatic rings. The Balaban J connectivity index is 2.75. The normalized spacial score (nSPS) is 12.1. The van der Waals surface area contributed by atoms with E-state index < -0.39 is 0 Å². The van der Waals surface area contributed by atoms with Crippen LogP contribution in [0.25, 0.3) is 0 Å². The molecule has 0 bridgehead atoms. The van der Waals surface area contributed by atoms with Crippen molar-refractivity contribution in [2.45, 2.75) is 20.8 Å². The lowest BCUT2D eigenvalue weighted by Gasteiger charge is -2.20. The lowest BCUT2D eigenvalue weighted by molar-refractivity contribution is -0.114. The van der Waals surface area contributed by atoms with E-state index in [4.69, 9.17) is 10.5 Å². The monoisotopic (exact) mass is 279 g/mol. The second-order valence-corrected chi connectivity index (χ2v) is 5.22. The highest BCUT2D eigenvalue weighted by atomic mass is 16.5. The van der Waals surface area contributed by atoms with Crippen molar-refractivity contribution in [2.75, 3.05) is 30.8 Å². The molecule has 0 aromatic heterocycles. The van der Waals surface area contributed by atoms with Gasteiger partial charge in [0.15, 0.2) is 0 Å². The number of methoxy groups -OCH3 is 1. The van der Waals surface area contributed by atoms with E-state index in [1.54, 1.807) is 7.11 Å². The average Bonchev–Trinajstić information content (AvgIpc) is 2.39. The molecular weight excluding hydrogens is 254 g/mol. The van der Waals surface area contributed by atoms with Gasteiger partial charge in [-0.2, -0.15) is 0 Å². The van der Waals surface area contributed by atoms with Crippen LogP contribution in [-0.2, 0) is 4.79 Å². The molecule has 0 saturated carbocycles. The summed E-state index contributed by atoms with van der Waals surface area (Å²) in [5, 5.41) is 6.09. The first-order valence-corrected chi connectivity index (χ1v) is 6.87. The van der Waals surface area contributed by atoms with Crippen LogP contribution < -0.4 is 21.1 Å². The number of rotatable bonds is 7. The summed E-state index contributed by atoms with van der Waals surface area (Å²) in [7, 11) is 1.58. The van der Waals surface area contributed by atoms with Crippen molar-refractivity contribution in [2.24, 2.45) is 17.6 Å². The second-order valence-electron chi connectivity index (χ2n) is 5.22. The molecule has 0 saturated heterocycles.